The standard InChI is InChI=1S/C18H35O7P/c1-4-7-12-23-18(21)16(10-11-17(19)20)15-26(22,24-13-8-5-2)25-14-9-6-3/h16H,4-15H2,1-3H3,(H,19,20). The Kier molecular flexibility index (Phi) is 14.6. The van der Waals surface area contributed by atoms with Crippen LogP contribution >= 0.6 is 7.60 Å². The highest BCUT2D eigenvalue weighted by molar-refractivity contribution is 7.53. The maximum absolute atomic E-state index is 13.1. The number of carbonyl (C=O) groups is 2. The first-order chi connectivity index (χ1) is 12.4. The van der Waals surface area contributed by atoms with E-state index in [1.54, 1.807) is 0 Å². The van der Waals surface area contributed by atoms with Crippen LogP contribution in [-0.4, -0.2) is 43.0 Å². The van der Waals surface area contributed by atoms with Crippen molar-refractivity contribution in [3.05, 3.63) is 0 Å². The molecule has 1 N–H and O–H groups in total. The third-order valence-corrected chi connectivity index (χ3v) is 5.84. The van der Waals surface area contributed by atoms with Crippen LogP contribution in [0.5, 0.6) is 0 Å². The van der Waals surface area contributed by atoms with Crippen LogP contribution in [0, 0.1) is 5.92 Å². The first kappa shape index (κ1) is 25.1. The molecule has 0 rings (SSSR count). The average molecular weight is 394 g/mol. The van der Waals surface area contributed by atoms with E-state index in [1.165, 1.54) is 0 Å². The molecule has 0 radical (unpaired) electrons. The summed E-state index contributed by atoms with van der Waals surface area (Å²) in [6.07, 6.45) is 4.58. The molecule has 8 heteroatoms. The predicted octanol–water partition coefficient (Wildman–Crippen LogP) is 4.64. The summed E-state index contributed by atoms with van der Waals surface area (Å²) < 4.78 is 29.3. The summed E-state index contributed by atoms with van der Waals surface area (Å²) in [7, 11) is -3.48. The smallest absolute Gasteiger partial charge is 0.331 e. The minimum atomic E-state index is -3.48. The molecule has 154 valence electrons. The summed E-state index contributed by atoms with van der Waals surface area (Å²) in [5, 5.41) is 8.92. The van der Waals surface area contributed by atoms with Gasteiger partial charge in [-0.25, -0.2) is 0 Å². The van der Waals surface area contributed by atoms with Crippen LogP contribution < -0.4 is 0 Å². The van der Waals surface area contributed by atoms with Crippen molar-refractivity contribution in [3.63, 3.8) is 0 Å². The number of hydrogen-bond donors (Lipinski definition) is 1. The number of rotatable bonds is 17. The molecule has 0 aliphatic rings. The van der Waals surface area contributed by atoms with Gasteiger partial charge in [-0.05, 0) is 25.7 Å². The van der Waals surface area contributed by atoms with Crippen LogP contribution in [0.15, 0.2) is 0 Å². The zero-order chi connectivity index (χ0) is 19.8. The van der Waals surface area contributed by atoms with Gasteiger partial charge < -0.3 is 18.9 Å². The van der Waals surface area contributed by atoms with Gasteiger partial charge in [0.1, 0.15) is 0 Å². The Labute approximate surface area is 157 Å². The van der Waals surface area contributed by atoms with Gasteiger partial charge in [-0.1, -0.05) is 40.0 Å². The van der Waals surface area contributed by atoms with Gasteiger partial charge in [0.05, 0.1) is 31.9 Å². The summed E-state index contributed by atoms with van der Waals surface area (Å²) in [6.45, 7) is 6.82. The van der Waals surface area contributed by atoms with Gasteiger partial charge in [-0.15, -0.1) is 0 Å². The largest absolute Gasteiger partial charge is 0.481 e. The van der Waals surface area contributed by atoms with Gasteiger partial charge in [0, 0.05) is 6.42 Å². The Morgan fingerprint density at radius 1 is 0.923 bits per heavy atom. The minimum Gasteiger partial charge on any atom is -0.481 e. The Hall–Kier alpha value is -0.910. The lowest BCUT2D eigenvalue weighted by Gasteiger charge is -2.23. The number of carboxylic acids is 1. The number of carbonyl (C=O) groups excluding carboxylic acids is 1. The quantitative estimate of drug-likeness (QED) is 0.218. The van der Waals surface area contributed by atoms with E-state index in [2.05, 4.69) is 0 Å². The first-order valence-electron chi connectivity index (χ1n) is 9.65. The molecule has 0 heterocycles. The zero-order valence-corrected chi connectivity index (χ0v) is 17.3. The van der Waals surface area contributed by atoms with Crippen LogP contribution in [0.4, 0.5) is 0 Å². The van der Waals surface area contributed by atoms with Crippen molar-refractivity contribution in [1.82, 2.24) is 0 Å². The highest BCUT2D eigenvalue weighted by atomic mass is 31.2. The third kappa shape index (κ3) is 12.4. The number of hydrogen-bond acceptors (Lipinski definition) is 6. The number of carboxylic acid groups (broad SMARTS) is 1. The molecule has 7 nitrogen and oxygen atoms in total. The zero-order valence-electron chi connectivity index (χ0n) is 16.4. The van der Waals surface area contributed by atoms with Crippen molar-refractivity contribution in [3.8, 4) is 0 Å². The normalized spacial score (nSPS) is 12.7. The third-order valence-electron chi connectivity index (χ3n) is 3.80. The van der Waals surface area contributed by atoms with Gasteiger partial charge in [0.2, 0.25) is 0 Å². The molecule has 1 atom stereocenters. The summed E-state index contributed by atoms with van der Waals surface area (Å²) >= 11 is 0. The fourth-order valence-electron chi connectivity index (χ4n) is 2.12. The van der Waals surface area contributed by atoms with E-state index in [4.69, 9.17) is 18.9 Å². The molecule has 0 saturated carbocycles. The van der Waals surface area contributed by atoms with E-state index < -0.39 is 25.5 Å². The molecule has 0 fully saturated rings. The van der Waals surface area contributed by atoms with E-state index in [9.17, 15) is 14.2 Å². The average Bonchev–Trinajstić information content (AvgIpc) is 2.59. The second kappa shape index (κ2) is 15.2. The summed E-state index contributed by atoms with van der Waals surface area (Å²) in [5.74, 6) is -2.35. The molecule has 0 aliphatic carbocycles. The lowest BCUT2D eigenvalue weighted by atomic mass is 10.1. The van der Waals surface area contributed by atoms with Gasteiger partial charge in [0.25, 0.3) is 0 Å². The number of esters is 1. The van der Waals surface area contributed by atoms with Crippen LogP contribution in [-0.2, 0) is 27.9 Å². The van der Waals surface area contributed by atoms with Crippen molar-refractivity contribution in [2.75, 3.05) is 26.0 Å². The van der Waals surface area contributed by atoms with Crippen molar-refractivity contribution in [2.45, 2.75) is 72.1 Å². The van der Waals surface area contributed by atoms with E-state index in [0.717, 1.165) is 38.5 Å². The van der Waals surface area contributed by atoms with Gasteiger partial charge in [-0.2, -0.15) is 0 Å². The van der Waals surface area contributed by atoms with Crippen molar-refractivity contribution < 1.29 is 33.0 Å². The van der Waals surface area contributed by atoms with Crippen molar-refractivity contribution >= 4 is 19.5 Å². The fraction of sp³-hybridized carbons (Fsp3) is 0.889. The van der Waals surface area contributed by atoms with Gasteiger partial charge in [0.15, 0.2) is 0 Å². The number of aliphatic carboxylic acids is 1. The topological polar surface area (TPSA) is 99.1 Å². The van der Waals surface area contributed by atoms with Gasteiger partial charge in [-0.3, -0.25) is 14.2 Å². The Morgan fingerprint density at radius 3 is 1.88 bits per heavy atom. The highest BCUT2D eigenvalue weighted by Crippen LogP contribution is 2.50. The van der Waals surface area contributed by atoms with Crippen LogP contribution in [0.1, 0.15) is 72.1 Å². The molecule has 0 aromatic carbocycles. The first-order valence-corrected chi connectivity index (χ1v) is 11.4. The molecule has 0 aliphatic heterocycles. The van der Waals surface area contributed by atoms with E-state index in [0.29, 0.717) is 0 Å². The molecule has 26 heavy (non-hydrogen) atoms. The van der Waals surface area contributed by atoms with E-state index in [1.807, 2.05) is 20.8 Å². The molecule has 0 amide bonds. The second-order valence-electron chi connectivity index (χ2n) is 6.32. The van der Waals surface area contributed by atoms with Crippen LogP contribution in [0.2, 0.25) is 0 Å². The Morgan fingerprint density at radius 2 is 1.42 bits per heavy atom. The van der Waals surface area contributed by atoms with Crippen LogP contribution in [0.25, 0.3) is 0 Å². The summed E-state index contributed by atoms with van der Waals surface area (Å²) in [6, 6.07) is 0. The van der Waals surface area contributed by atoms with Crippen molar-refractivity contribution in [2.24, 2.45) is 5.92 Å². The lowest BCUT2D eigenvalue weighted by Crippen LogP contribution is -2.24. The minimum absolute atomic E-state index is 0.0541. The van der Waals surface area contributed by atoms with Gasteiger partial charge >= 0.3 is 19.5 Å². The van der Waals surface area contributed by atoms with E-state index >= 15 is 0 Å². The van der Waals surface area contributed by atoms with Crippen molar-refractivity contribution in [1.29, 1.82) is 0 Å². The Bertz CT molecular complexity index is 425. The molecular formula is C18H35O7P. The predicted molar refractivity (Wildman–Crippen MR) is 100 cm³/mol. The summed E-state index contributed by atoms with van der Waals surface area (Å²) in [5.41, 5.74) is 0. The SMILES string of the molecule is CCCCOC(=O)C(CCC(=O)O)CP(=O)(OCCCC)OCCCC. The molecule has 0 spiro atoms. The van der Waals surface area contributed by atoms with Crippen LogP contribution in [0.3, 0.4) is 0 Å². The monoisotopic (exact) mass is 394 g/mol. The molecule has 0 aromatic heterocycles. The Balaban J connectivity index is 5.00. The fourth-order valence-corrected chi connectivity index (χ4v) is 4.10. The molecular weight excluding hydrogens is 359 g/mol. The second-order valence-corrected chi connectivity index (χ2v) is 8.42. The number of ether oxygens (including phenoxy) is 1. The lowest BCUT2D eigenvalue weighted by molar-refractivity contribution is -0.148. The molecule has 0 bridgehead atoms. The maximum atomic E-state index is 13.1. The molecule has 0 saturated heterocycles. The maximum Gasteiger partial charge on any atom is 0.331 e. The molecule has 0 aromatic rings. The number of unbranched alkanes of at least 4 members (excludes halogenated alkanes) is 3. The highest BCUT2D eigenvalue weighted by Gasteiger charge is 2.34. The molecule has 1 unspecified atom stereocenters. The summed E-state index contributed by atoms with van der Waals surface area (Å²) in [4.78, 5) is 23.2. The van der Waals surface area contributed by atoms with E-state index in [-0.39, 0.29) is 38.8 Å².